The van der Waals surface area contributed by atoms with Gasteiger partial charge in [-0.1, -0.05) is 22.0 Å². The van der Waals surface area contributed by atoms with E-state index in [-0.39, 0.29) is 5.56 Å². The molecule has 1 aliphatic heterocycles. The van der Waals surface area contributed by atoms with Crippen molar-refractivity contribution < 1.29 is 8.78 Å². The van der Waals surface area contributed by atoms with Crippen LogP contribution in [0.25, 0.3) is 10.9 Å². The van der Waals surface area contributed by atoms with Gasteiger partial charge in [0, 0.05) is 38.2 Å². The van der Waals surface area contributed by atoms with Crippen LogP contribution in [0.3, 0.4) is 0 Å². The van der Waals surface area contributed by atoms with E-state index >= 15 is 0 Å². The summed E-state index contributed by atoms with van der Waals surface area (Å²) in [5.41, 5.74) is 1.67. The van der Waals surface area contributed by atoms with Crippen LogP contribution < -0.4 is 10.6 Å². The van der Waals surface area contributed by atoms with E-state index in [4.69, 9.17) is 0 Å². The summed E-state index contributed by atoms with van der Waals surface area (Å²) in [6.07, 6.45) is 1.04. The third-order valence-electron chi connectivity index (χ3n) is 4.78. The quantitative estimate of drug-likeness (QED) is 0.493. The predicted molar refractivity (Wildman–Crippen MR) is 112 cm³/mol. The first-order valence-corrected chi connectivity index (χ1v) is 10.5. The summed E-state index contributed by atoms with van der Waals surface area (Å²) in [6, 6.07) is 13.9. The molecule has 3 nitrogen and oxygen atoms in total. The number of halogens is 3. The Kier molecular flexibility index (Phi) is 5.71. The molecule has 27 heavy (non-hydrogen) atoms. The molecule has 3 aromatic rings. The number of alkyl halides is 2. The predicted octanol–water partition coefficient (Wildman–Crippen LogP) is 6.06. The van der Waals surface area contributed by atoms with Crippen LogP contribution in [0.1, 0.15) is 24.8 Å². The zero-order valence-corrected chi connectivity index (χ0v) is 17.0. The molecule has 1 fully saturated rings. The molecule has 1 aromatic heterocycles. The Hall–Kier alpha value is -1.57. The number of anilines is 1. The van der Waals surface area contributed by atoms with Gasteiger partial charge in [-0.25, -0.2) is 8.78 Å². The SMILES string of the molecule is FC(F)c1cn(Sc2ccc(Br)cc2)c2cccc(NC3CCNCC3)c12. The van der Waals surface area contributed by atoms with Gasteiger partial charge >= 0.3 is 0 Å². The summed E-state index contributed by atoms with van der Waals surface area (Å²) in [4.78, 5) is 0.993. The fraction of sp³-hybridized carbons (Fsp3) is 0.300. The molecule has 0 radical (unpaired) electrons. The fourth-order valence-electron chi connectivity index (χ4n) is 3.44. The number of fused-ring (bicyclic) bond motifs is 1. The van der Waals surface area contributed by atoms with Gasteiger partial charge in [-0.05, 0) is 74.3 Å². The number of hydrogen-bond acceptors (Lipinski definition) is 3. The Labute approximate surface area is 169 Å². The summed E-state index contributed by atoms with van der Waals surface area (Å²) in [5, 5.41) is 7.45. The molecule has 0 amide bonds. The maximum absolute atomic E-state index is 13.8. The minimum Gasteiger partial charge on any atom is -0.382 e. The first kappa shape index (κ1) is 18.8. The highest BCUT2D eigenvalue weighted by Gasteiger charge is 2.21. The molecule has 0 bridgehead atoms. The second kappa shape index (κ2) is 8.20. The van der Waals surface area contributed by atoms with Crippen molar-refractivity contribution in [2.24, 2.45) is 0 Å². The number of hydrogen-bond donors (Lipinski definition) is 2. The Balaban J connectivity index is 1.72. The molecule has 0 unspecified atom stereocenters. The molecule has 0 aliphatic carbocycles. The largest absolute Gasteiger partial charge is 0.382 e. The van der Waals surface area contributed by atoms with Gasteiger partial charge < -0.3 is 10.6 Å². The van der Waals surface area contributed by atoms with Crippen molar-refractivity contribution in [2.75, 3.05) is 18.4 Å². The highest BCUT2D eigenvalue weighted by atomic mass is 79.9. The van der Waals surface area contributed by atoms with Crippen LogP contribution in [-0.2, 0) is 0 Å². The number of benzene rings is 2. The van der Waals surface area contributed by atoms with Crippen molar-refractivity contribution in [1.29, 1.82) is 0 Å². The molecule has 0 atom stereocenters. The van der Waals surface area contributed by atoms with E-state index in [9.17, 15) is 8.78 Å². The van der Waals surface area contributed by atoms with Gasteiger partial charge in [0.05, 0.1) is 5.52 Å². The van der Waals surface area contributed by atoms with E-state index in [0.717, 1.165) is 46.5 Å². The van der Waals surface area contributed by atoms with Crippen molar-refractivity contribution in [3.63, 3.8) is 0 Å². The molecule has 2 heterocycles. The third kappa shape index (κ3) is 4.15. The van der Waals surface area contributed by atoms with E-state index in [2.05, 4.69) is 26.6 Å². The first-order valence-electron chi connectivity index (χ1n) is 8.95. The second-order valence-electron chi connectivity index (χ2n) is 6.62. The van der Waals surface area contributed by atoms with Crippen LogP contribution >= 0.6 is 27.9 Å². The summed E-state index contributed by atoms with van der Waals surface area (Å²) in [6.45, 7) is 1.91. The van der Waals surface area contributed by atoms with E-state index in [1.165, 1.54) is 11.9 Å². The van der Waals surface area contributed by atoms with Crippen LogP contribution in [-0.4, -0.2) is 23.1 Å². The maximum atomic E-state index is 13.8. The lowest BCUT2D eigenvalue weighted by molar-refractivity contribution is 0.153. The molecule has 2 aromatic carbocycles. The van der Waals surface area contributed by atoms with Crippen molar-refractivity contribution in [3.8, 4) is 0 Å². The van der Waals surface area contributed by atoms with Crippen molar-refractivity contribution in [1.82, 2.24) is 9.29 Å². The molecule has 1 saturated heterocycles. The van der Waals surface area contributed by atoms with Gasteiger partial charge in [-0.3, -0.25) is 3.97 Å². The van der Waals surface area contributed by atoms with Gasteiger partial charge in [0.15, 0.2) is 0 Å². The van der Waals surface area contributed by atoms with Crippen molar-refractivity contribution in [3.05, 3.63) is 58.7 Å². The topological polar surface area (TPSA) is 29.0 Å². The van der Waals surface area contributed by atoms with Crippen molar-refractivity contribution in [2.45, 2.75) is 30.2 Å². The zero-order chi connectivity index (χ0) is 18.8. The standard InChI is InChI=1S/C20H20BrF2N3S/c21-13-4-6-15(7-5-13)27-26-12-16(20(22)23)19-17(2-1-3-18(19)26)25-14-8-10-24-11-9-14/h1-7,12,14,20,24-25H,8-11H2. The minimum atomic E-state index is -2.52. The van der Waals surface area contributed by atoms with Gasteiger partial charge in [0.1, 0.15) is 0 Å². The normalized spacial score (nSPS) is 15.6. The Bertz CT molecular complexity index is 921. The highest BCUT2D eigenvalue weighted by molar-refractivity contribution is 9.10. The smallest absolute Gasteiger partial charge is 0.266 e. The average molecular weight is 452 g/mol. The lowest BCUT2D eigenvalue weighted by atomic mass is 10.0. The number of aromatic nitrogens is 1. The average Bonchev–Trinajstić information content (AvgIpc) is 3.04. The van der Waals surface area contributed by atoms with Gasteiger partial charge in [-0.15, -0.1) is 0 Å². The number of piperidine rings is 1. The van der Waals surface area contributed by atoms with Gasteiger partial charge in [0.25, 0.3) is 6.43 Å². The summed E-state index contributed by atoms with van der Waals surface area (Å²) in [7, 11) is 0. The molecule has 7 heteroatoms. The van der Waals surface area contributed by atoms with Crippen LogP contribution in [0.4, 0.5) is 14.5 Å². The zero-order valence-electron chi connectivity index (χ0n) is 14.6. The summed E-state index contributed by atoms with van der Waals surface area (Å²) in [5.74, 6) is 0. The summed E-state index contributed by atoms with van der Waals surface area (Å²) < 4.78 is 30.4. The summed E-state index contributed by atoms with van der Waals surface area (Å²) >= 11 is 4.87. The maximum Gasteiger partial charge on any atom is 0.266 e. The Morgan fingerprint density at radius 1 is 1.11 bits per heavy atom. The van der Waals surface area contributed by atoms with E-state index in [1.54, 1.807) is 6.20 Å². The van der Waals surface area contributed by atoms with Crippen molar-refractivity contribution >= 4 is 44.5 Å². The molecular weight excluding hydrogens is 432 g/mol. The third-order valence-corrected chi connectivity index (χ3v) is 6.29. The lowest BCUT2D eigenvalue weighted by Gasteiger charge is -2.25. The number of rotatable bonds is 5. The van der Waals surface area contributed by atoms with Crippen LogP contribution in [0.2, 0.25) is 0 Å². The van der Waals surface area contributed by atoms with Gasteiger partial charge in [0.2, 0.25) is 0 Å². The molecular formula is C20H20BrF2N3S. The van der Waals surface area contributed by atoms with E-state index < -0.39 is 6.43 Å². The number of nitrogens with zero attached hydrogens (tertiary/aromatic N) is 1. The highest BCUT2D eigenvalue weighted by Crippen LogP contribution is 2.38. The molecule has 0 saturated carbocycles. The molecule has 142 valence electrons. The Morgan fingerprint density at radius 3 is 2.56 bits per heavy atom. The second-order valence-corrected chi connectivity index (χ2v) is 8.59. The molecule has 1 aliphatic rings. The fourth-order valence-corrected chi connectivity index (χ4v) is 4.61. The number of nitrogens with one attached hydrogen (secondary N) is 2. The lowest BCUT2D eigenvalue weighted by Crippen LogP contribution is -2.35. The Morgan fingerprint density at radius 2 is 1.85 bits per heavy atom. The van der Waals surface area contributed by atoms with E-state index in [0.29, 0.717) is 11.4 Å². The van der Waals surface area contributed by atoms with E-state index in [1.807, 2.05) is 46.4 Å². The van der Waals surface area contributed by atoms with Crippen LogP contribution in [0.15, 0.2) is 58.0 Å². The molecule has 4 rings (SSSR count). The van der Waals surface area contributed by atoms with Crippen LogP contribution in [0, 0.1) is 0 Å². The first-order chi connectivity index (χ1) is 13.1. The van der Waals surface area contributed by atoms with Gasteiger partial charge in [-0.2, -0.15) is 0 Å². The van der Waals surface area contributed by atoms with Crippen LogP contribution in [0.5, 0.6) is 0 Å². The monoisotopic (exact) mass is 451 g/mol. The molecule has 2 N–H and O–H groups in total. The molecule has 0 spiro atoms. The minimum absolute atomic E-state index is 0.0756.